The molecule has 0 saturated carbocycles. The van der Waals surface area contributed by atoms with Gasteiger partial charge < -0.3 is 10.6 Å². The Morgan fingerprint density at radius 1 is 0.722 bits per heavy atom. The lowest BCUT2D eigenvalue weighted by molar-refractivity contribution is 0.0953. The van der Waals surface area contributed by atoms with Crippen molar-refractivity contribution in [2.75, 3.05) is 11.9 Å². The summed E-state index contributed by atoms with van der Waals surface area (Å²) in [6.45, 7) is 0.676. The molecule has 0 fully saturated rings. The molecule has 1 heterocycles. The second-order valence-electron chi connectivity index (χ2n) is 8.72. The Labute approximate surface area is 211 Å². The van der Waals surface area contributed by atoms with Crippen molar-refractivity contribution in [3.63, 3.8) is 0 Å². The average Bonchev–Trinajstić information content (AvgIpc) is 2.94. The Morgan fingerprint density at radius 2 is 1.50 bits per heavy atom. The van der Waals surface area contributed by atoms with Gasteiger partial charge in [-0.05, 0) is 72.4 Å². The molecule has 4 aromatic carbocycles. The summed E-state index contributed by atoms with van der Waals surface area (Å²) in [7, 11) is 0. The number of amides is 1. The van der Waals surface area contributed by atoms with Crippen LogP contribution in [0.15, 0.2) is 109 Å². The minimum Gasteiger partial charge on any atom is -0.352 e. The molecule has 0 radical (unpaired) electrons. The molecule has 0 aliphatic carbocycles. The zero-order chi connectivity index (χ0) is 24.6. The first-order valence-corrected chi connectivity index (χ1v) is 12.3. The van der Waals surface area contributed by atoms with E-state index in [-0.39, 0.29) is 5.91 Å². The number of benzene rings is 4. The minimum atomic E-state index is -0.0148. The molecule has 1 aromatic heterocycles. The van der Waals surface area contributed by atoms with Gasteiger partial charge in [0.1, 0.15) is 12.1 Å². The van der Waals surface area contributed by atoms with E-state index in [1.165, 1.54) is 11.1 Å². The molecule has 0 bridgehead atoms. The number of nitrogens with one attached hydrogen (secondary N) is 2. The number of aromatic nitrogens is 2. The summed E-state index contributed by atoms with van der Waals surface area (Å²) in [5.74, 6) is 0.778. The van der Waals surface area contributed by atoms with Crippen molar-refractivity contribution in [1.29, 1.82) is 0 Å². The van der Waals surface area contributed by atoms with Gasteiger partial charge >= 0.3 is 0 Å². The molecule has 0 spiro atoms. The van der Waals surface area contributed by atoms with Crippen LogP contribution in [0.3, 0.4) is 0 Å². The predicted molar refractivity (Wildman–Crippen MR) is 146 cm³/mol. The van der Waals surface area contributed by atoms with E-state index in [2.05, 4.69) is 57.0 Å². The molecule has 0 aliphatic rings. The van der Waals surface area contributed by atoms with E-state index in [9.17, 15) is 4.79 Å². The maximum Gasteiger partial charge on any atom is 0.251 e. The van der Waals surface area contributed by atoms with Gasteiger partial charge in [0.25, 0.3) is 5.91 Å². The molecular formula is C31H28N4O. The van der Waals surface area contributed by atoms with Crippen molar-refractivity contribution in [2.45, 2.75) is 19.3 Å². The Hall–Kier alpha value is -4.51. The second-order valence-corrected chi connectivity index (χ2v) is 8.72. The number of fused-ring (bicyclic) bond motifs is 1. The molecule has 0 saturated heterocycles. The topological polar surface area (TPSA) is 66.9 Å². The van der Waals surface area contributed by atoms with E-state index >= 15 is 0 Å². The summed E-state index contributed by atoms with van der Waals surface area (Å²) in [6, 6.07) is 34.3. The molecule has 36 heavy (non-hydrogen) atoms. The first-order valence-electron chi connectivity index (χ1n) is 12.3. The highest BCUT2D eigenvalue weighted by molar-refractivity contribution is 5.94. The van der Waals surface area contributed by atoms with Gasteiger partial charge in [-0.25, -0.2) is 9.97 Å². The van der Waals surface area contributed by atoms with Crippen LogP contribution in [-0.2, 0) is 6.42 Å². The number of carbonyl (C=O) groups is 1. The van der Waals surface area contributed by atoms with E-state index in [0.29, 0.717) is 12.1 Å². The maximum atomic E-state index is 12.2. The number of unbranched alkanes of at least 4 members (excludes halogenated alkanes) is 1. The van der Waals surface area contributed by atoms with Crippen LogP contribution in [0.5, 0.6) is 0 Å². The first kappa shape index (κ1) is 23.2. The van der Waals surface area contributed by atoms with Gasteiger partial charge in [0.15, 0.2) is 0 Å². The molecule has 178 valence electrons. The summed E-state index contributed by atoms with van der Waals surface area (Å²) in [4.78, 5) is 21.1. The zero-order valence-electron chi connectivity index (χ0n) is 20.0. The minimum absolute atomic E-state index is 0.0148. The van der Waals surface area contributed by atoms with Gasteiger partial charge in [0.05, 0.1) is 5.52 Å². The van der Waals surface area contributed by atoms with Crippen LogP contribution < -0.4 is 10.6 Å². The Bertz CT molecular complexity index is 1450. The summed E-state index contributed by atoms with van der Waals surface area (Å²) in [5, 5.41) is 7.40. The lowest BCUT2D eigenvalue weighted by atomic mass is 9.99. The molecule has 5 rings (SSSR count). The van der Waals surface area contributed by atoms with Gasteiger partial charge in [-0.2, -0.15) is 0 Å². The van der Waals surface area contributed by atoms with Gasteiger partial charge in [-0.15, -0.1) is 0 Å². The highest BCUT2D eigenvalue weighted by Gasteiger charge is 2.08. The Balaban J connectivity index is 1.23. The third-order valence-electron chi connectivity index (χ3n) is 6.15. The van der Waals surface area contributed by atoms with Crippen molar-refractivity contribution in [3.8, 4) is 11.1 Å². The molecular weight excluding hydrogens is 444 g/mol. The zero-order valence-corrected chi connectivity index (χ0v) is 20.0. The van der Waals surface area contributed by atoms with Crippen molar-refractivity contribution in [2.24, 2.45) is 0 Å². The largest absolute Gasteiger partial charge is 0.352 e. The molecule has 5 heteroatoms. The Kier molecular flexibility index (Phi) is 7.28. The summed E-state index contributed by atoms with van der Waals surface area (Å²) >= 11 is 0. The monoisotopic (exact) mass is 472 g/mol. The normalized spacial score (nSPS) is 10.8. The maximum absolute atomic E-state index is 12.2. The third kappa shape index (κ3) is 5.76. The van der Waals surface area contributed by atoms with Crippen molar-refractivity contribution in [3.05, 3.63) is 121 Å². The lowest BCUT2D eigenvalue weighted by Gasteiger charge is -2.11. The number of para-hydroxylation sites is 1. The van der Waals surface area contributed by atoms with Crippen LogP contribution in [0.4, 0.5) is 11.5 Å². The van der Waals surface area contributed by atoms with Crippen molar-refractivity contribution < 1.29 is 4.79 Å². The molecule has 1 amide bonds. The molecule has 0 unspecified atom stereocenters. The number of hydrogen-bond acceptors (Lipinski definition) is 4. The van der Waals surface area contributed by atoms with E-state index in [4.69, 9.17) is 0 Å². The summed E-state index contributed by atoms with van der Waals surface area (Å²) < 4.78 is 0. The number of nitrogens with zero attached hydrogens (tertiary/aromatic N) is 2. The van der Waals surface area contributed by atoms with Crippen LogP contribution in [-0.4, -0.2) is 22.4 Å². The number of hydrogen-bond donors (Lipinski definition) is 2. The fourth-order valence-electron chi connectivity index (χ4n) is 4.25. The highest BCUT2D eigenvalue weighted by Crippen LogP contribution is 2.29. The smallest absolute Gasteiger partial charge is 0.251 e. The van der Waals surface area contributed by atoms with Gasteiger partial charge in [0.2, 0.25) is 0 Å². The summed E-state index contributed by atoms with van der Waals surface area (Å²) in [6.07, 6.45) is 4.50. The van der Waals surface area contributed by atoms with E-state index in [0.717, 1.165) is 47.2 Å². The van der Waals surface area contributed by atoms with Crippen LogP contribution in [0.1, 0.15) is 28.8 Å². The SMILES string of the molecule is O=C(NCCCCc1cccc(-c2ccc3ncnc(Nc4ccccc4)c3c2)c1)c1ccccc1. The number of anilines is 2. The van der Waals surface area contributed by atoms with Gasteiger partial charge in [-0.3, -0.25) is 4.79 Å². The lowest BCUT2D eigenvalue weighted by Crippen LogP contribution is -2.24. The fourth-order valence-corrected chi connectivity index (χ4v) is 4.25. The second kappa shape index (κ2) is 11.3. The van der Waals surface area contributed by atoms with Crippen LogP contribution in [0, 0.1) is 0 Å². The number of carbonyl (C=O) groups excluding carboxylic acids is 1. The molecule has 5 nitrogen and oxygen atoms in total. The summed E-state index contributed by atoms with van der Waals surface area (Å²) in [5.41, 5.74) is 6.18. The van der Waals surface area contributed by atoms with E-state index in [1.54, 1.807) is 6.33 Å². The highest BCUT2D eigenvalue weighted by atomic mass is 16.1. The Morgan fingerprint density at radius 3 is 2.33 bits per heavy atom. The van der Waals surface area contributed by atoms with Crippen molar-refractivity contribution >= 4 is 28.3 Å². The molecule has 0 atom stereocenters. The van der Waals surface area contributed by atoms with Crippen LogP contribution in [0.2, 0.25) is 0 Å². The standard InChI is InChI=1S/C31H28N4O/c36-31(24-12-3-1-4-13-24)32-19-8-7-10-23-11-9-14-25(20-23)26-17-18-29-28(21-26)30(34-22-33-29)35-27-15-5-2-6-16-27/h1-6,9,11-18,20-22H,7-8,10,19H2,(H,32,36)(H,33,34,35). The number of rotatable bonds is 9. The van der Waals surface area contributed by atoms with Gasteiger partial charge in [-0.1, -0.05) is 66.7 Å². The van der Waals surface area contributed by atoms with E-state index < -0.39 is 0 Å². The molecule has 5 aromatic rings. The average molecular weight is 473 g/mol. The van der Waals surface area contributed by atoms with Crippen LogP contribution in [0.25, 0.3) is 22.0 Å². The fraction of sp³-hybridized carbons (Fsp3) is 0.129. The van der Waals surface area contributed by atoms with Crippen molar-refractivity contribution in [1.82, 2.24) is 15.3 Å². The van der Waals surface area contributed by atoms with E-state index in [1.807, 2.05) is 66.7 Å². The first-order chi connectivity index (χ1) is 17.8. The van der Waals surface area contributed by atoms with Crippen LogP contribution >= 0.6 is 0 Å². The van der Waals surface area contributed by atoms with Gasteiger partial charge in [0, 0.05) is 23.2 Å². The number of aryl methyl sites for hydroxylation is 1. The molecule has 0 aliphatic heterocycles. The third-order valence-corrected chi connectivity index (χ3v) is 6.15. The predicted octanol–water partition coefficient (Wildman–Crippen LogP) is 6.79. The molecule has 2 N–H and O–H groups in total. The quantitative estimate of drug-likeness (QED) is 0.232.